The number of sulfonamides is 1. The SMILES string of the molecule is CC1=CC=CC(C)(NS(=O)(=O)c2ccc(F)cc2)C1. The number of allylic oxidation sites excluding steroid dienone is 2. The zero-order valence-electron chi connectivity index (χ0n) is 10.9. The van der Waals surface area contributed by atoms with Gasteiger partial charge in [0.2, 0.25) is 10.0 Å². The predicted octanol–water partition coefficient (Wildman–Crippen LogP) is 2.77. The van der Waals surface area contributed by atoms with Crippen LogP contribution in [0, 0.1) is 5.82 Å². The Balaban J connectivity index is 2.25. The minimum Gasteiger partial charge on any atom is -0.207 e. The Labute approximate surface area is 112 Å². The smallest absolute Gasteiger partial charge is 0.207 e. The zero-order chi connectivity index (χ0) is 14.1. The van der Waals surface area contributed by atoms with Crippen molar-refractivity contribution in [3.63, 3.8) is 0 Å². The summed E-state index contributed by atoms with van der Waals surface area (Å²) in [5, 5.41) is 0. The van der Waals surface area contributed by atoms with Crippen molar-refractivity contribution < 1.29 is 12.8 Å². The second-order valence-electron chi connectivity index (χ2n) is 5.03. The van der Waals surface area contributed by atoms with Gasteiger partial charge in [0.05, 0.1) is 10.4 Å². The van der Waals surface area contributed by atoms with E-state index in [2.05, 4.69) is 4.72 Å². The third-order valence-corrected chi connectivity index (χ3v) is 4.61. The van der Waals surface area contributed by atoms with E-state index in [0.717, 1.165) is 17.7 Å². The van der Waals surface area contributed by atoms with Crippen molar-refractivity contribution in [1.82, 2.24) is 4.72 Å². The van der Waals surface area contributed by atoms with Gasteiger partial charge in [0, 0.05) is 0 Å². The molecular formula is C14H16FNO2S. The Morgan fingerprint density at radius 2 is 1.89 bits per heavy atom. The first-order chi connectivity index (χ1) is 8.81. The predicted molar refractivity (Wildman–Crippen MR) is 72.6 cm³/mol. The van der Waals surface area contributed by atoms with Gasteiger partial charge >= 0.3 is 0 Å². The molecule has 1 N–H and O–H groups in total. The van der Waals surface area contributed by atoms with E-state index in [9.17, 15) is 12.8 Å². The number of hydrogen-bond acceptors (Lipinski definition) is 2. The average molecular weight is 281 g/mol. The summed E-state index contributed by atoms with van der Waals surface area (Å²) in [7, 11) is -3.65. The van der Waals surface area contributed by atoms with Gasteiger partial charge in [-0.3, -0.25) is 0 Å². The third-order valence-electron chi connectivity index (χ3n) is 2.98. The molecule has 102 valence electrons. The van der Waals surface area contributed by atoms with Crippen molar-refractivity contribution in [1.29, 1.82) is 0 Å². The Bertz CT molecular complexity index is 632. The number of benzene rings is 1. The van der Waals surface area contributed by atoms with Crippen molar-refractivity contribution in [2.75, 3.05) is 0 Å². The van der Waals surface area contributed by atoms with Crippen LogP contribution in [-0.4, -0.2) is 14.0 Å². The lowest BCUT2D eigenvalue weighted by molar-refractivity contribution is 0.491. The molecule has 5 heteroatoms. The minimum absolute atomic E-state index is 0.0655. The summed E-state index contributed by atoms with van der Waals surface area (Å²) in [5.41, 5.74) is 0.457. The Morgan fingerprint density at radius 3 is 2.47 bits per heavy atom. The molecule has 1 unspecified atom stereocenters. The van der Waals surface area contributed by atoms with Crippen LogP contribution in [0.3, 0.4) is 0 Å². The molecule has 0 fully saturated rings. The van der Waals surface area contributed by atoms with Crippen LogP contribution in [-0.2, 0) is 10.0 Å². The lowest BCUT2D eigenvalue weighted by Crippen LogP contribution is -2.45. The van der Waals surface area contributed by atoms with Crippen LogP contribution >= 0.6 is 0 Å². The van der Waals surface area contributed by atoms with E-state index in [1.165, 1.54) is 12.1 Å². The van der Waals surface area contributed by atoms with Gasteiger partial charge in [0.15, 0.2) is 0 Å². The summed E-state index contributed by atoms with van der Waals surface area (Å²) in [6.07, 6.45) is 6.23. The topological polar surface area (TPSA) is 46.2 Å². The third kappa shape index (κ3) is 3.30. The first-order valence-corrected chi connectivity index (χ1v) is 7.44. The number of nitrogens with one attached hydrogen (secondary N) is 1. The van der Waals surface area contributed by atoms with Crippen molar-refractivity contribution in [2.45, 2.75) is 30.7 Å². The Hall–Kier alpha value is -1.46. The summed E-state index contributed by atoms with van der Waals surface area (Å²) >= 11 is 0. The Morgan fingerprint density at radius 1 is 1.26 bits per heavy atom. The molecule has 1 aromatic rings. The first-order valence-electron chi connectivity index (χ1n) is 5.95. The van der Waals surface area contributed by atoms with Crippen molar-refractivity contribution >= 4 is 10.0 Å². The molecule has 3 nitrogen and oxygen atoms in total. The van der Waals surface area contributed by atoms with Gasteiger partial charge in [-0.25, -0.2) is 17.5 Å². The highest BCUT2D eigenvalue weighted by molar-refractivity contribution is 7.89. The van der Waals surface area contributed by atoms with Crippen LogP contribution in [0.15, 0.2) is 53.0 Å². The van der Waals surface area contributed by atoms with E-state index in [0.29, 0.717) is 6.42 Å². The fourth-order valence-corrected chi connectivity index (χ4v) is 3.54. The first kappa shape index (κ1) is 14.0. The zero-order valence-corrected chi connectivity index (χ0v) is 11.7. The van der Waals surface area contributed by atoms with Crippen LogP contribution in [0.25, 0.3) is 0 Å². The molecule has 0 bridgehead atoms. The molecule has 1 aliphatic rings. The highest BCUT2D eigenvalue weighted by Gasteiger charge is 2.29. The maximum Gasteiger partial charge on any atom is 0.241 e. The monoisotopic (exact) mass is 281 g/mol. The van der Waals surface area contributed by atoms with Gasteiger partial charge in [-0.2, -0.15) is 0 Å². The van der Waals surface area contributed by atoms with Crippen LogP contribution in [0.4, 0.5) is 4.39 Å². The summed E-state index contributed by atoms with van der Waals surface area (Å²) < 4.78 is 40.0. The van der Waals surface area contributed by atoms with Crippen LogP contribution in [0.5, 0.6) is 0 Å². The molecule has 0 saturated carbocycles. The van der Waals surface area contributed by atoms with E-state index in [1.807, 2.05) is 32.1 Å². The van der Waals surface area contributed by atoms with Crippen LogP contribution < -0.4 is 4.72 Å². The molecule has 19 heavy (non-hydrogen) atoms. The number of halogens is 1. The second kappa shape index (κ2) is 4.90. The van der Waals surface area contributed by atoms with E-state index >= 15 is 0 Å². The maximum atomic E-state index is 12.8. The fraction of sp³-hybridized carbons (Fsp3) is 0.286. The van der Waals surface area contributed by atoms with Crippen molar-refractivity contribution in [3.05, 3.63) is 53.9 Å². The molecule has 0 heterocycles. The number of rotatable bonds is 3. The van der Waals surface area contributed by atoms with Crippen molar-refractivity contribution in [2.24, 2.45) is 0 Å². The summed E-state index contributed by atoms with van der Waals surface area (Å²) in [4.78, 5) is 0.0655. The van der Waals surface area contributed by atoms with Gasteiger partial charge in [0.1, 0.15) is 5.82 Å². The number of hydrogen-bond donors (Lipinski definition) is 1. The molecule has 0 spiro atoms. The molecule has 0 radical (unpaired) electrons. The largest absolute Gasteiger partial charge is 0.241 e. The minimum atomic E-state index is -3.65. The van der Waals surface area contributed by atoms with E-state index < -0.39 is 21.4 Å². The van der Waals surface area contributed by atoms with Crippen molar-refractivity contribution in [3.8, 4) is 0 Å². The molecule has 0 amide bonds. The summed E-state index contributed by atoms with van der Waals surface area (Å²) in [6.45, 7) is 3.77. The van der Waals surface area contributed by atoms with Gasteiger partial charge < -0.3 is 0 Å². The van der Waals surface area contributed by atoms with E-state index in [4.69, 9.17) is 0 Å². The van der Waals surface area contributed by atoms with Gasteiger partial charge in [-0.15, -0.1) is 0 Å². The lowest BCUT2D eigenvalue weighted by atomic mass is 9.90. The summed E-state index contributed by atoms with van der Waals surface area (Å²) in [5.74, 6) is -0.457. The molecule has 2 rings (SSSR count). The molecule has 0 saturated heterocycles. The normalized spacial score (nSPS) is 23.2. The molecule has 1 aromatic carbocycles. The van der Waals surface area contributed by atoms with Crippen LogP contribution in [0.2, 0.25) is 0 Å². The van der Waals surface area contributed by atoms with Crippen LogP contribution in [0.1, 0.15) is 20.3 Å². The van der Waals surface area contributed by atoms with Gasteiger partial charge in [-0.1, -0.05) is 23.8 Å². The average Bonchev–Trinajstić information content (AvgIpc) is 2.27. The van der Waals surface area contributed by atoms with Gasteiger partial charge in [0.25, 0.3) is 0 Å². The maximum absolute atomic E-state index is 12.8. The Kier molecular flexibility index (Phi) is 3.60. The summed E-state index contributed by atoms with van der Waals surface area (Å²) in [6, 6.07) is 4.80. The van der Waals surface area contributed by atoms with E-state index in [1.54, 1.807) is 0 Å². The molecule has 1 atom stereocenters. The molecule has 0 aliphatic heterocycles. The highest BCUT2D eigenvalue weighted by Crippen LogP contribution is 2.24. The molecule has 1 aliphatic carbocycles. The standard InChI is InChI=1S/C14H16FNO2S/c1-11-4-3-9-14(2,10-11)16-19(17,18)13-7-5-12(15)6-8-13/h3-9,16H,10H2,1-2H3. The second-order valence-corrected chi connectivity index (χ2v) is 6.71. The van der Waals surface area contributed by atoms with E-state index in [-0.39, 0.29) is 4.90 Å². The van der Waals surface area contributed by atoms with Gasteiger partial charge in [-0.05, 0) is 44.5 Å². The highest BCUT2D eigenvalue weighted by atomic mass is 32.2. The quantitative estimate of drug-likeness (QED) is 0.926. The lowest BCUT2D eigenvalue weighted by Gasteiger charge is -2.29. The fourth-order valence-electron chi connectivity index (χ4n) is 2.17. The molecular weight excluding hydrogens is 265 g/mol. The molecule has 0 aromatic heterocycles.